The van der Waals surface area contributed by atoms with E-state index >= 15 is 0 Å². The van der Waals surface area contributed by atoms with Gasteiger partial charge in [-0.2, -0.15) is 0 Å². The van der Waals surface area contributed by atoms with Crippen molar-refractivity contribution in [1.29, 1.82) is 0 Å². The van der Waals surface area contributed by atoms with Crippen LogP contribution in [0, 0.1) is 5.92 Å². The van der Waals surface area contributed by atoms with Gasteiger partial charge in [0.15, 0.2) is 0 Å². The van der Waals surface area contributed by atoms with Crippen molar-refractivity contribution in [3.63, 3.8) is 0 Å². The third-order valence-electron chi connectivity index (χ3n) is 3.31. The summed E-state index contributed by atoms with van der Waals surface area (Å²) in [6.07, 6.45) is 6.11. The zero-order valence-electron chi connectivity index (χ0n) is 9.56. The van der Waals surface area contributed by atoms with E-state index in [1.54, 1.807) is 0 Å². The SMILES string of the molecule is CC1CCN(c2ccncc2Br)C(CN)C1. The Bertz CT molecular complexity index is 356. The third kappa shape index (κ3) is 2.38. The quantitative estimate of drug-likeness (QED) is 0.906. The highest BCUT2D eigenvalue weighted by molar-refractivity contribution is 9.10. The summed E-state index contributed by atoms with van der Waals surface area (Å²) in [5.74, 6) is 0.783. The molecule has 1 aliphatic rings. The normalized spacial score (nSPS) is 25.8. The molecule has 0 spiro atoms. The average molecular weight is 284 g/mol. The molecule has 3 nitrogen and oxygen atoms in total. The number of hydrogen-bond acceptors (Lipinski definition) is 3. The van der Waals surface area contributed by atoms with Crippen LogP contribution in [-0.4, -0.2) is 24.1 Å². The van der Waals surface area contributed by atoms with Crippen LogP contribution in [0.4, 0.5) is 5.69 Å². The molecule has 2 unspecified atom stereocenters. The van der Waals surface area contributed by atoms with Gasteiger partial charge in [0.25, 0.3) is 0 Å². The predicted octanol–water partition coefficient (Wildman–Crippen LogP) is 2.41. The van der Waals surface area contributed by atoms with E-state index < -0.39 is 0 Å². The Hall–Kier alpha value is -0.610. The molecule has 0 radical (unpaired) electrons. The Kier molecular flexibility index (Phi) is 3.82. The maximum atomic E-state index is 5.87. The van der Waals surface area contributed by atoms with Crippen LogP contribution in [0.25, 0.3) is 0 Å². The number of piperidine rings is 1. The number of nitrogens with two attached hydrogens (primary N) is 1. The number of anilines is 1. The lowest BCUT2D eigenvalue weighted by Crippen LogP contribution is -2.46. The van der Waals surface area contributed by atoms with Gasteiger partial charge in [-0.15, -0.1) is 0 Å². The van der Waals surface area contributed by atoms with Crippen molar-refractivity contribution in [3.8, 4) is 0 Å². The molecule has 1 saturated heterocycles. The van der Waals surface area contributed by atoms with Crippen molar-refractivity contribution in [2.24, 2.45) is 11.7 Å². The second-order valence-electron chi connectivity index (χ2n) is 4.54. The summed E-state index contributed by atoms with van der Waals surface area (Å²) in [6, 6.07) is 2.52. The van der Waals surface area contributed by atoms with Gasteiger partial charge >= 0.3 is 0 Å². The number of halogens is 1. The zero-order valence-corrected chi connectivity index (χ0v) is 11.2. The average Bonchev–Trinajstić information content (AvgIpc) is 2.30. The Morgan fingerprint density at radius 3 is 3.12 bits per heavy atom. The van der Waals surface area contributed by atoms with E-state index in [2.05, 4.69) is 38.8 Å². The Morgan fingerprint density at radius 2 is 2.44 bits per heavy atom. The van der Waals surface area contributed by atoms with E-state index in [1.165, 1.54) is 18.5 Å². The summed E-state index contributed by atoms with van der Waals surface area (Å²) in [6.45, 7) is 4.12. The van der Waals surface area contributed by atoms with Gasteiger partial charge in [0.1, 0.15) is 0 Å². The number of aromatic nitrogens is 1. The molecule has 0 aromatic carbocycles. The van der Waals surface area contributed by atoms with E-state index in [-0.39, 0.29) is 0 Å². The molecule has 16 heavy (non-hydrogen) atoms. The summed E-state index contributed by atoms with van der Waals surface area (Å²) in [7, 11) is 0. The van der Waals surface area contributed by atoms with E-state index in [9.17, 15) is 0 Å². The van der Waals surface area contributed by atoms with Crippen molar-refractivity contribution in [2.45, 2.75) is 25.8 Å². The Balaban J connectivity index is 2.22. The highest BCUT2D eigenvalue weighted by Crippen LogP contribution is 2.31. The smallest absolute Gasteiger partial charge is 0.0592 e. The fourth-order valence-corrected chi connectivity index (χ4v) is 2.87. The van der Waals surface area contributed by atoms with Gasteiger partial charge in [-0.3, -0.25) is 4.98 Å². The van der Waals surface area contributed by atoms with Gasteiger partial charge in [-0.25, -0.2) is 0 Å². The van der Waals surface area contributed by atoms with E-state index in [1.807, 2.05) is 12.4 Å². The first-order valence-corrected chi connectivity index (χ1v) is 6.58. The minimum atomic E-state index is 0.461. The second-order valence-corrected chi connectivity index (χ2v) is 5.39. The molecular weight excluding hydrogens is 266 g/mol. The standard InChI is InChI=1S/C12H18BrN3/c1-9-3-5-16(10(6-9)7-14)12-2-4-15-8-11(12)13/h2,4,8-10H,3,5-7,14H2,1H3. The van der Waals surface area contributed by atoms with Crippen LogP contribution in [0.1, 0.15) is 19.8 Å². The summed E-state index contributed by atoms with van der Waals surface area (Å²) >= 11 is 3.56. The molecule has 1 aromatic heterocycles. The van der Waals surface area contributed by atoms with Crippen molar-refractivity contribution in [2.75, 3.05) is 18.0 Å². The summed E-state index contributed by atoms with van der Waals surface area (Å²) < 4.78 is 1.06. The predicted molar refractivity (Wildman–Crippen MR) is 70.5 cm³/mol. The van der Waals surface area contributed by atoms with Crippen LogP contribution in [0.3, 0.4) is 0 Å². The number of pyridine rings is 1. The first-order chi connectivity index (χ1) is 7.72. The summed E-state index contributed by atoms with van der Waals surface area (Å²) in [5, 5.41) is 0. The van der Waals surface area contributed by atoms with Crippen LogP contribution in [0.5, 0.6) is 0 Å². The van der Waals surface area contributed by atoms with Crippen LogP contribution in [0.2, 0.25) is 0 Å². The van der Waals surface area contributed by atoms with Gasteiger partial charge < -0.3 is 10.6 Å². The highest BCUT2D eigenvalue weighted by atomic mass is 79.9. The molecule has 0 aliphatic carbocycles. The molecule has 88 valence electrons. The lowest BCUT2D eigenvalue weighted by molar-refractivity contribution is 0.366. The van der Waals surface area contributed by atoms with Crippen LogP contribution in [-0.2, 0) is 0 Å². The number of nitrogens with zero attached hydrogens (tertiary/aromatic N) is 2. The fraction of sp³-hybridized carbons (Fsp3) is 0.583. The minimum Gasteiger partial charge on any atom is -0.366 e. The van der Waals surface area contributed by atoms with Crippen LogP contribution >= 0.6 is 15.9 Å². The molecule has 0 amide bonds. The van der Waals surface area contributed by atoms with Gasteiger partial charge in [0.2, 0.25) is 0 Å². The van der Waals surface area contributed by atoms with E-state index in [4.69, 9.17) is 5.73 Å². The Labute approximate surface area is 105 Å². The topological polar surface area (TPSA) is 42.2 Å². The molecule has 1 fully saturated rings. The maximum absolute atomic E-state index is 5.87. The molecule has 2 rings (SSSR count). The molecule has 4 heteroatoms. The Morgan fingerprint density at radius 1 is 1.62 bits per heavy atom. The van der Waals surface area contributed by atoms with Gasteiger partial charge in [-0.1, -0.05) is 6.92 Å². The fourth-order valence-electron chi connectivity index (χ4n) is 2.39. The van der Waals surface area contributed by atoms with E-state index in [0.717, 1.165) is 23.5 Å². The van der Waals surface area contributed by atoms with Crippen molar-refractivity contribution in [1.82, 2.24) is 4.98 Å². The second kappa shape index (κ2) is 5.15. The van der Waals surface area contributed by atoms with Gasteiger partial charge in [0.05, 0.1) is 10.2 Å². The first-order valence-electron chi connectivity index (χ1n) is 5.78. The maximum Gasteiger partial charge on any atom is 0.0592 e. The minimum absolute atomic E-state index is 0.461. The molecule has 1 aromatic rings. The van der Waals surface area contributed by atoms with Crippen molar-refractivity contribution in [3.05, 3.63) is 22.9 Å². The molecule has 2 heterocycles. The zero-order chi connectivity index (χ0) is 11.5. The lowest BCUT2D eigenvalue weighted by atomic mass is 9.92. The number of hydrogen-bond donors (Lipinski definition) is 1. The monoisotopic (exact) mass is 283 g/mol. The molecule has 2 atom stereocenters. The van der Waals surface area contributed by atoms with Gasteiger partial charge in [0, 0.05) is 31.5 Å². The van der Waals surface area contributed by atoms with Gasteiger partial charge in [-0.05, 0) is 40.8 Å². The molecule has 0 saturated carbocycles. The van der Waals surface area contributed by atoms with Crippen molar-refractivity contribution >= 4 is 21.6 Å². The molecule has 2 N–H and O–H groups in total. The largest absolute Gasteiger partial charge is 0.366 e. The summed E-state index contributed by atoms with van der Waals surface area (Å²) in [4.78, 5) is 6.51. The highest BCUT2D eigenvalue weighted by Gasteiger charge is 2.26. The third-order valence-corrected chi connectivity index (χ3v) is 3.92. The first kappa shape index (κ1) is 11.9. The van der Waals surface area contributed by atoms with E-state index in [0.29, 0.717) is 6.04 Å². The van der Waals surface area contributed by atoms with Crippen LogP contribution < -0.4 is 10.6 Å². The summed E-state index contributed by atoms with van der Waals surface area (Å²) in [5.41, 5.74) is 7.09. The molecular formula is C12H18BrN3. The van der Waals surface area contributed by atoms with Crippen LogP contribution in [0.15, 0.2) is 22.9 Å². The number of rotatable bonds is 2. The van der Waals surface area contributed by atoms with Crippen molar-refractivity contribution < 1.29 is 0 Å². The lowest BCUT2D eigenvalue weighted by Gasteiger charge is -2.40. The molecule has 1 aliphatic heterocycles. The molecule has 0 bridgehead atoms.